The highest BCUT2D eigenvalue weighted by atomic mass is 79.9. The Morgan fingerprint density at radius 3 is 2.75 bits per heavy atom. The third-order valence-electron chi connectivity index (χ3n) is 3.69. The molecule has 3 rings (SSSR count). The second-order valence-electron chi connectivity index (χ2n) is 4.64. The van der Waals surface area contributed by atoms with Gasteiger partial charge in [0.05, 0.1) is 0 Å². The van der Waals surface area contributed by atoms with Crippen molar-refractivity contribution in [2.24, 2.45) is 17.8 Å². The maximum absolute atomic E-state index is 11.9. The van der Waals surface area contributed by atoms with E-state index in [-0.39, 0.29) is 11.8 Å². The van der Waals surface area contributed by atoms with Crippen molar-refractivity contribution in [3.63, 3.8) is 0 Å². The van der Waals surface area contributed by atoms with Crippen molar-refractivity contribution in [3.8, 4) is 0 Å². The molecule has 1 aromatic rings. The van der Waals surface area contributed by atoms with Crippen LogP contribution in [0, 0.1) is 17.8 Å². The van der Waals surface area contributed by atoms with E-state index in [1.807, 2.05) is 12.1 Å². The molecular formula is C12H13BrN2O. The zero-order valence-electron chi connectivity index (χ0n) is 8.82. The van der Waals surface area contributed by atoms with Crippen LogP contribution in [-0.4, -0.2) is 10.9 Å². The van der Waals surface area contributed by atoms with Gasteiger partial charge in [-0.2, -0.15) is 0 Å². The van der Waals surface area contributed by atoms with E-state index in [4.69, 9.17) is 0 Å². The minimum absolute atomic E-state index is 0.157. The molecule has 0 radical (unpaired) electrons. The first-order valence-corrected chi connectivity index (χ1v) is 6.47. The fourth-order valence-corrected chi connectivity index (χ4v) is 3.10. The van der Waals surface area contributed by atoms with Crippen molar-refractivity contribution in [2.75, 3.05) is 5.32 Å². The maximum atomic E-state index is 11.9. The molecule has 1 N–H and O–H groups in total. The Kier molecular flexibility index (Phi) is 2.46. The summed E-state index contributed by atoms with van der Waals surface area (Å²) in [6, 6.07) is 3.70. The van der Waals surface area contributed by atoms with Gasteiger partial charge in [-0.15, -0.1) is 0 Å². The van der Waals surface area contributed by atoms with Gasteiger partial charge in [0.1, 0.15) is 5.82 Å². The average molecular weight is 281 g/mol. The molecule has 2 atom stereocenters. The Bertz CT molecular complexity index is 408. The molecule has 2 aliphatic carbocycles. The van der Waals surface area contributed by atoms with Gasteiger partial charge in [0.2, 0.25) is 5.91 Å². The number of amides is 1. The average Bonchev–Trinajstić information content (AvgIpc) is 2.76. The maximum Gasteiger partial charge on any atom is 0.229 e. The van der Waals surface area contributed by atoms with Crippen molar-refractivity contribution >= 4 is 27.7 Å². The molecule has 0 spiro atoms. The Morgan fingerprint density at radius 2 is 2.12 bits per heavy atom. The smallest absolute Gasteiger partial charge is 0.229 e. The number of halogens is 1. The van der Waals surface area contributed by atoms with E-state index in [2.05, 4.69) is 26.2 Å². The van der Waals surface area contributed by atoms with Gasteiger partial charge < -0.3 is 5.32 Å². The molecule has 0 aromatic carbocycles. The van der Waals surface area contributed by atoms with Gasteiger partial charge in [-0.3, -0.25) is 4.79 Å². The molecule has 1 aromatic heterocycles. The van der Waals surface area contributed by atoms with Gasteiger partial charge in [-0.1, -0.05) is 6.42 Å². The van der Waals surface area contributed by atoms with E-state index in [9.17, 15) is 4.79 Å². The van der Waals surface area contributed by atoms with Crippen LogP contribution in [-0.2, 0) is 4.79 Å². The first-order valence-electron chi connectivity index (χ1n) is 5.68. The number of rotatable bonds is 2. The van der Waals surface area contributed by atoms with E-state index in [1.165, 1.54) is 19.3 Å². The zero-order valence-corrected chi connectivity index (χ0v) is 10.4. The lowest BCUT2D eigenvalue weighted by Gasteiger charge is -2.05. The Hall–Kier alpha value is -0.900. The monoisotopic (exact) mass is 280 g/mol. The quantitative estimate of drug-likeness (QED) is 0.905. The van der Waals surface area contributed by atoms with Crippen LogP contribution in [0.5, 0.6) is 0 Å². The Morgan fingerprint density at radius 1 is 1.38 bits per heavy atom. The second kappa shape index (κ2) is 3.84. The van der Waals surface area contributed by atoms with E-state index < -0.39 is 0 Å². The summed E-state index contributed by atoms with van der Waals surface area (Å²) < 4.78 is 0.925. The predicted molar refractivity (Wildman–Crippen MR) is 64.9 cm³/mol. The van der Waals surface area contributed by atoms with Crippen LogP contribution in [0.15, 0.2) is 22.8 Å². The molecule has 4 heteroatoms. The van der Waals surface area contributed by atoms with Gasteiger partial charge in [-0.05, 0) is 52.7 Å². The minimum atomic E-state index is 0.157. The molecule has 2 saturated carbocycles. The number of hydrogen-bond donors (Lipinski definition) is 1. The third-order valence-corrected chi connectivity index (χ3v) is 4.16. The number of anilines is 1. The molecule has 16 heavy (non-hydrogen) atoms. The summed E-state index contributed by atoms with van der Waals surface area (Å²) >= 11 is 3.32. The molecule has 3 nitrogen and oxygen atoms in total. The minimum Gasteiger partial charge on any atom is -0.310 e. The van der Waals surface area contributed by atoms with Crippen LogP contribution in [0.2, 0.25) is 0 Å². The van der Waals surface area contributed by atoms with Crippen LogP contribution in [0.25, 0.3) is 0 Å². The van der Waals surface area contributed by atoms with E-state index in [0.29, 0.717) is 17.7 Å². The lowest BCUT2D eigenvalue weighted by Crippen LogP contribution is -2.17. The van der Waals surface area contributed by atoms with E-state index in [0.717, 1.165) is 4.47 Å². The largest absolute Gasteiger partial charge is 0.310 e. The Labute approximate surface area is 103 Å². The number of fused-ring (bicyclic) bond motifs is 1. The van der Waals surface area contributed by atoms with E-state index in [1.54, 1.807) is 6.20 Å². The standard InChI is InChI=1S/C12H13BrN2O/c13-7-4-5-10(14-6-7)15-12(16)11-8-2-1-3-9(8)11/h4-6,8-9,11H,1-3H2,(H,14,15,16). The van der Waals surface area contributed by atoms with Gasteiger partial charge in [-0.25, -0.2) is 4.98 Å². The highest BCUT2D eigenvalue weighted by Gasteiger charge is 2.56. The molecular weight excluding hydrogens is 268 g/mol. The molecule has 2 aliphatic rings. The van der Waals surface area contributed by atoms with Gasteiger partial charge in [0, 0.05) is 16.6 Å². The summed E-state index contributed by atoms with van der Waals surface area (Å²) in [6.45, 7) is 0. The van der Waals surface area contributed by atoms with Crippen LogP contribution < -0.4 is 5.32 Å². The molecule has 0 aliphatic heterocycles. The SMILES string of the molecule is O=C(Nc1ccc(Br)cn1)C1C2CCCC21. The first kappa shape index (κ1) is 10.3. The lowest BCUT2D eigenvalue weighted by atomic mass is 10.1. The number of carbonyl (C=O) groups is 1. The molecule has 2 fully saturated rings. The fraction of sp³-hybridized carbons (Fsp3) is 0.500. The summed E-state index contributed by atoms with van der Waals surface area (Å²) in [6.07, 6.45) is 5.46. The number of nitrogens with zero attached hydrogens (tertiary/aromatic N) is 1. The lowest BCUT2D eigenvalue weighted by molar-refractivity contribution is -0.118. The summed E-state index contributed by atoms with van der Waals surface area (Å²) in [5.74, 6) is 2.40. The fourth-order valence-electron chi connectivity index (χ4n) is 2.87. The number of nitrogens with one attached hydrogen (secondary N) is 1. The van der Waals surface area contributed by atoms with Gasteiger partial charge in [0.25, 0.3) is 0 Å². The highest BCUT2D eigenvalue weighted by Crippen LogP contribution is 2.57. The van der Waals surface area contributed by atoms with Crippen LogP contribution in [0.1, 0.15) is 19.3 Å². The summed E-state index contributed by atoms with van der Waals surface area (Å²) in [7, 11) is 0. The third kappa shape index (κ3) is 1.75. The second-order valence-corrected chi connectivity index (χ2v) is 5.55. The topological polar surface area (TPSA) is 42.0 Å². The van der Waals surface area contributed by atoms with Crippen molar-refractivity contribution < 1.29 is 4.79 Å². The molecule has 0 saturated heterocycles. The zero-order chi connectivity index (χ0) is 11.1. The molecule has 1 amide bonds. The summed E-state index contributed by atoms with van der Waals surface area (Å²) in [4.78, 5) is 16.1. The molecule has 2 unspecified atom stereocenters. The van der Waals surface area contributed by atoms with Crippen molar-refractivity contribution in [1.82, 2.24) is 4.98 Å². The predicted octanol–water partition coefficient (Wildman–Crippen LogP) is 2.83. The van der Waals surface area contributed by atoms with Gasteiger partial charge in [0.15, 0.2) is 0 Å². The molecule has 1 heterocycles. The highest BCUT2D eigenvalue weighted by molar-refractivity contribution is 9.10. The van der Waals surface area contributed by atoms with Crippen molar-refractivity contribution in [1.29, 1.82) is 0 Å². The van der Waals surface area contributed by atoms with Crippen LogP contribution >= 0.6 is 15.9 Å². The van der Waals surface area contributed by atoms with Crippen LogP contribution in [0.3, 0.4) is 0 Å². The van der Waals surface area contributed by atoms with E-state index >= 15 is 0 Å². The number of aromatic nitrogens is 1. The first-order chi connectivity index (χ1) is 7.75. The Balaban J connectivity index is 1.63. The number of hydrogen-bond acceptors (Lipinski definition) is 2. The van der Waals surface area contributed by atoms with Crippen molar-refractivity contribution in [3.05, 3.63) is 22.8 Å². The van der Waals surface area contributed by atoms with Crippen molar-refractivity contribution in [2.45, 2.75) is 19.3 Å². The van der Waals surface area contributed by atoms with Crippen LogP contribution in [0.4, 0.5) is 5.82 Å². The normalized spacial score (nSPS) is 30.9. The number of pyridine rings is 1. The molecule has 84 valence electrons. The summed E-state index contributed by atoms with van der Waals surface area (Å²) in [5.41, 5.74) is 0. The summed E-state index contributed by atoms with van der Waals surface area (Å²) in [5, 5.41) is 2.89. The number of carbonyl (C=O) groups excluding carboxylic acids is 1. The molecule has 0 bridgehead atoms. The van der Waals surface area contributed by atoms with Gasteiger partial charge >= 0.3 is 0 Å².